The van der Waals surface area contributed by atoms with Gasteiger partial charge in [0.1, 0.15) is 0 Å². The summed E-state index contributed by atoms with van der Waals surface area (Å²) in [5.74, 6) is -1.27. The van der Waals surface area contributed by atoms with E-state index in [0.717, 1.165) is 4.88 Å². The van der Waals surface area contributed by atoms with E-state index in [4.69, 9.17) is 0 Å². The Morgan fingerprint density at radius 2 is 1.90 bits per heavy atom. The molecule has 0 fully saturated rings. The first-order valence-electron chi connectivity index (χ1n) is 6.60. The van der Waals surface area contributed by atoms with Gasteiger partial charge >= 0.3 is 5.97 Å². The Morgan fingerprint density at radius 1 is 1.19 bits per heavy atom. The average Bonchev–Trinajstić information content (AvgIpc) is 2.99. The maximum absolute atomic E-state index is 12.1. The lowest BCUT2D eigenvalue weighted by Gasteiger charge is -2.24. The van der Waals surface area contributed by atoms with Gasteiger partial charge in [0.25, 0.3) is 0 Å². The molecule has 21 heavy (non-hydrogen) atoms. The number of thiophene rings is 1. The molecule has 4 nitrogen and oxygen atoms in total. The molecule has 0 bridgehead atoms. The fourth-order valence-electron chi connectivity index (χ4n) is 2.09. The van der Waals surface area contributed by atoms with Gasteiger partial charge in [0, 0.05) is 11.3 Å². The van der Waals surface area contributed by atoms with Gasteiger partial charge in [0.05, 0.1) is 12.0 Å². The van der Waals surface area contributed by atoms with Crippen molar-refractivity contribution in [2.24, 2.45) is 0 Å². The Bertz CT molecular complexity index is 610. The molecule has 2 N–H and O–H groups in total. The third kappa shape index (κ3) is 3.70. The van der Waals surface area contributed by atoms with Crippen LogP contribution < -0.4 is 5.32 Å². The second kappa shape index (κ2) is 6.54. The Kier molecular flexibility index (Phi) is 4.75. The maximum Gasteiger partial charge on any atom is 0.314 e. The zero-order chi connectivity index (χ0) is 15.3. The molecule has 2 rings (SSSR count). The number of hydrogen-bond acceptors (Lipinski definition) is 3. The quantitative estimate of drug-likeness (QED) is 0.862. The molecule has 2 aromatic rings. The van der Waals surface area contributed by atoms with Crippen LogP contribution in [0.4, 0.5) is 0 Å². The normalized spacial score (nSPS) is 13.4. The van der Waals surface area contributed by atoms with E-state index in [0.29, 0.717) is 12.1 Å². The van der Waals surface area contributed by atoms with E-state index in [1.165, 1.54) is 0 Å². The summed E-state index contributed by atoms with van der Waals surface area (Å²) in [6.45, 7) is 2.01. The predicted octanol–water partition coefficient (Wildman–Crippen LogP) is 2.80. The first-order valence-corrected chi connectivity index (χ1v) is 7.48. The van der Waals surface area contributed by atoms with Crippen LogP contribution in [0, 0.1) is 0 Å². The highest BCUT2D eigenvalue weighted by Gasteiger charge is 2.37. The molecule has 1 amide bonds. The lowest BCUT2D eigenvalue weighted by molar-refractivity contribution is -0.145. The van der Waals surface area contributed by atoms with Crippen LogP contribution in [0.3, 0.4) is 0 Å². The molecule has 5 heteroatoms. The van der Waals surface area contributed by atoms with E-state index < -0.39 is 11.4 Å². The summed E-state index contributed by atoms with van der Waals surface area (Å²) in [6.07, 6.45) is -0.0856. The van der Waals surface area contributed by atoms with Gasteiger partial charge in [-0.1, -0.05) is 36.4 Å². The number of amides is 1. The summed E-state index contributed by atoms with van der Waals surface area (Å²) in [5, 5.41) is 14.2. The van der Waals surface area contributed by atoms with Gasteiger partial charge in [-0.3, -0.25) is 9.59 Å². The minimum atomic E-state index is -1.22. The lowest BCUT2D eigenvalue weighted by atomic mass is 9.79. The monoisotopic (exact) mass is 303 g/mol. The lowest BCUT2D eigenvalue weighted by Crippen LogP contribution is -2.38. The molecular weight excluding hydrogens is 286 g/mol. The molecule has 1 aromatic carbocycles. The van der Waals surface area contributed by atoms with Crippen LogP contribution >= 0.6 is 11.3 Å². The average molecular weight is 303 g/mol. The van der Waals surface area contributed by atoms with Gasteiger partial charge in [0.15, 0.2) is 0 Å². The number of aliphatic carboxylic acids is 1. The molecule has 0 aliphatic carbocycles. The van der Waals surface area contributed by atoms with Crippen molar-refractivity contribution in [1.29, 1.82) is 0 Å². The van der Waals surface area contributed by atoms with Crippen molar-refractivity contribution < 1.29 is 14.7 Å². The molecule has 1 heterocycles. The largest absolute Gasteiger partial charge is 0.481 e. The number of benzene rings is 1. The smallest absolute Gasteiger partial charge is 0.314 e. The van der Waals surface area contributed by atoms with Crippen molar-refractivity contribution in [2.75, 3.05) is 0 Å². The third-order valence-corrected chi connectivity index (χ3v) is 4.31. The highest BCUT2D eigenvalue weighted by molar-refractivity contribution is 7.09. The topological polar surface area (TPSA) is 66.4 Å². The molecule has 0 aliphatic heterocycles. The van der Waals surface area contributed by atoms with Crippen molar-refractivity contribution in [3.05, 3.63) is 58.3 Å². The number of carbonyl (C=O) groups excluding carboxylic acids is 1. The summed E-state index contributed by atoms with van der Waals surface area (Å²) < 4.78 is 0. The molecule has 1 unspecified atom stereocenters. The van der Waals surface area contributed by atoms with Crippen LogP contribution in [0.5, 0.6) is 0 Å². The van der Waals surface area contributed by atoms with E-state index in [9.17, 15) is 14.7 Å². The number of rotatable bonds is 6. The first kappa shape index (κ1) is 15.3. The maximum atomic E-state index is 12.1. The van der Waals surface area contributed by atoms with Crippen molar-refractivity contribution in [1.82, 2.24) is 5.32 Å². The van der Waals surface area contributed by atoms with Gasteiger partial charge in [-0.05, 0) is 23.9 Å². The van der Waals surface area contributed by atoms with E-state index in [2.05, 4.69) is 5.32 Å². The Balaban J connectivity index is 2.06. The molecule has 0 saturated heterocycles. The van der Waals surface area contributed by atoms with Crippen LogP contribution in [-0.4, -0.2) is 17.0 Å². The highest BCUT2D eigenvalue weighted by atomic mass is 32.1. The van der Waals surface area contributed by atoms with Gasteiger partial charge in [-0.2, -0.15) is 0 Å². The Hall–Kier alpha value is -2.14. The van der Waals surface area contributed by atoms with E-state index in [-0.39, 0.29) is 12.3 Å². The molecule has 1 aromatic heterocycles. The van der Waals surface area contributed by atoms with Gasteiger partial charge < -0.3 is 10.4 Å². The number of carbonyl (C=O) groups is 2. The molecule has 0 radical (unpaired) electrons. The van der Waals surface area contributed by atoms with Gasteiger partial charge in [-0.25, -0.2) is 0 Å². The van der Waals surface area contributed by atoms with Crippen molar-refractivity contribution in [3.8, 4) is 0 Å². The van der Waals surface area contributed by atoms with Crippen LogP contribution in [0.1, 0.15) is 23.8 Å². The second-order valence-electron chi connectivity index (χ2n) is 5.04. The van der Waals surface area contributed by atoms with E-state index in [1.54, 1.807) is 42.5 Å². The number of nitrogens with one attached hydrogen (secondary N) is 1. The van der Waals surface area contributed by atoms with E-state index in [1.807, 2.05) is 23.6 Å². The van der Waals surface area contributed by atoms with Crippen molar-refractivity contribution in [3.63, 3.8) is 0 Å². The van der Waals surface area contributed by atoms with Crippen molar-refractivity contribution >= 4 is 23.2 Å². The number of carboxylic acid groups (broad SMARTS) is 1. The molecular formula is C16H17NO3S. The van der Waals surface area contributed by atoms with Crippen LogP contribution in [0.15, 0.2) is 47.8 Å². The summed E-state index contributed by atoms with van der Waals surface area (Å²) in [7, 11) is 0. The minimum Gasteiger partial charge on any atom is -0.481 e. The summed E-state index contributed by atoms with van der Waals surface area (Å²) in [6, 6.07) is 12.7. The predicted molar refractivity (Wildman–Crippen MR) is 82.2 cm³/mol. The summed E-state index contributed by atoms with van der Waals surface area (Å²) >= 11 is 1.55. The highest BCUT2D eigenvalue weighted by Crippen LogP contribution is 2.28. The molecule has 0 spiro atoms. The Morgan fingerprint density at radius 3 is 2.48 bits per heavy atom. The van der Waals surface area contributed by atoms with Gasteiger partial charge in [0.2, 0.25) is 5.91 Å². The molecule has 0 aliphatic rings. The first-order chi connectivity index (χ1) is 10.0. The second-order valence-corrected chi connectivity index (χ2v) is 6.07. The Labute approximate surface area is 127 Å². The molecule has 110 valence electrons. The summed E-state index contributed by atoms with van der Waals surface area (Å²) in [4.78, 5) is 24.7. The fourth-order valence-corrected chi connectivity index (χ4v) is 2.73. The van der Waals surface area contributed by atoms with Gasteiger partial charge in [-0.15, -0.1) is 11.3 Å². The fraction of sp³-hybridized carbons (Fsp3) is 0.250. The number of hydrogen-bond donors (Lipinski definition) is 2. The third-order valence-electron chi connectivity index (χ3n) is 3.44. The van der Waals surface area contributed by atoms with Crippen molar-refractivity contribution in [2.45, 2.75) is 25.3 Å². The van der Waals surface area contributed by atoms with E-state index >= 15 is 0 Å². The van der Waals surface area contributed by atoms with Crippen LogP contribution in [0.2, 0.25) is 0 Å². The SMILES string of the molecule is CC(CC(=O)NCc1cccs1)(C(=O)O)c1ccccc1. The van der Waals surface area contributed by atoms with Crippen LogP contribution in [0.25, 0.3) is 0 Å². The standard InChI is InChI=1S/C16H17NO3S/c1-16(15(19)20,12-6-3-2-4-7-12)10-14(18)17-11-13-8-5-9-21-13/h2-9H,10-11H2,1H3,(H,17,18)(H,19,20). The zero-order valence-corrected chi connectivity index (χ0v) is 12.5. The molecule has 0 saturated carbocycles. The minimum absolute atomic E-state index is 0.0856. The van der Waals surface area contributed by atoms with Crippen LogP contribution in [-0.2, 0) is 21.5 Å². The zero-order valence-electron chi connectivity index (χ0n) is 11.7. The summed E-state index contributed by atoms with van der Waals surface area (Å²) in [5.41, 5.74) is -0.593. The molecule has 1 atom stereocenters. The number of carboxylic acids is 1.